The summed E-state index contributed by atoms with van der Waals surface area (Å²) < 4.78 is 5.58. The quantitative estimate of drug-likeness (QED) is 0.784. The van der Waals surface area contributed by atoms with Gasteiger partial charge in [0.1, 0.15) is 0 Å². The molecular weight excluding hydrogens is 228 g/mol. The van der Waals surface area contributed by atoms with Gasteiger partial charge in [-0.05, 0) is 31.1 Å². The highest BCUT2D eigenvalue weighted by atomic mass is 16.6. The second-order valence-corrected chi connectivity index (χ2v) is 6.72. The summed E-state index contributed by atoms with van der Waals surface area (Å²) in [6.45, 7) is 2.12. The van der Waals surface area contributed by atoms with Gasteiger partial charge >= 0.3 is 5.97 Å². The Morgan fingerprint density at radius 2 is 2.00 bits per heavy atom. The zero-order chi connectivity index (χ0) is 12.8. The minimum absolute atomic E-state index is 0.251. The van der Waals surface area contributed by atoms with Gasteiger partial charge in [-0.1, -0.05) is 39.0 Å². The highest BCUT2D eigenvalue weighted by molar-refractivity contribution is 5.75. The highest BCUT2D eigenvalue weighted by Gasteiger charge is 2.58. The third-order valence-electron chi connectivity index (χ3n) is 5.59. The van der Waals surface area contributed by atoms with E-state index in [1.165, 1.54) is 32.1 Å². The summed E-state index contributed by atoms with van der Waals surface area (Å²) in [5.41, 5.74) is -0.500. The first-order chi connectivity index (χ1) is 8.62. The van der Waals surface area contributed by atoms with Gasteiger partial charge in [0.25, 0.3) is 0 Å². The SMILES string of the molecule is CC1CC2OC2CC1(CC1CCCCC1)C(=O)O. The van der Waals surface area contributed by atoms with Crippen molar-refractivity contribution in [2.75, 3.05) is 0 Å². The van der Waals surface area contributed by atoms with Gasteiger partial charge in [-0.15, -0.1) is 0 Å². The number of aliphatic carboxylic acids is 1. The fourth-order valence-corrected chi connectivity index (χ4v) is 4.28. The summed E-state index contributed by atoms with van der Waals surface area (Å²) in [4.78, 5) is 11.9. The molecule has 102 valence electrons. The molecule has 0 bridgehead atoms. The Labute approximate surface area is 109 Å². The van der Waals surface area contributed by atoms with E-state index < -0.39 is 11.4 Å². The fraction of sp³-hybridized carbons (Fsp3) is 0.933. The second kappa shape index (κ2) is 4.52. The summed E-state index contributed by atoms with van der Waals surface area (Å²) in [5, 5.41) is 9.77. The number of carbonyl (C=O) groups is 1. The molecule has 1 heterocycles. The predicted molar refractivity (Wildman–Crippen MR) is 68.3 cm³/mol. The van der Waals surface area contributed by atoms with Crippen LogP contribution in [-0.2, 0) is 9.53 Å². The van der Waals surface area contributed by atoms with Crippen molar-refractivity contribution in [3.05, 3.63) is 0 Å². The molecule has 0 radical (unpaired) electrons. The number of rotatable bonds is 3. The molecule has 3 rings (SSSR count). The maximum absolute atomic E-state index is 11.9. The lowest BCUT2D eigenvalue weighted by Gasteiger charge is -2.40. The van der Waals surface area contributed by atoms with Crippen LogP contribution in [0.4, 0.5) is 0 Å². The number of hydrogen-bond acceptors (Lipinski definition) is 2. The Hall–Kier alpha value is -0.570. The van der Waals surface area contributed by atoms with Crippen LogP contribution in [0.25, 0.3) is 0 Å². The van der Waals surface area contributed by atoms with Gasteiger partial charge in [0.2, 0.25) is 0 Å². The standard InChI is InChI=1S/C15H24O3/c1-10-7-12-13(18-12)9-15(10,14(16)17)8-11-5-3-2-4-6-11/h10-13H,2-9H2,1H3,(H,16,17). The molecule has 2 aliphatic carbocycles. The first kappa shape index (κ1) is 12.5. The lowest BCUT2D eigenvalue weighted by atomic mass is 9.61. The molecule has 1 N–H and O–H groups in total. The largest absolute Gasteiger partial charge is 0.481 e. The van der Waals surface area contributed by atoms with E-state index in [0.29, 0.717) is 12.0 Å². The van der Waals surface area contributed by atoms with Crippen LogP contribution in [0, 0.1) is 17.3 Å². The van der Waals surface area contributed by atoms with Crippen molar-refractivity contribution in [1.29, 1.82) is 0 Å². The molecule has 0 aromatic rings. The molecular formula is C15H24O3. The maximum Gasteiger partial charge on any atom is 0.310 e. The third kappa shape index (κ3) is 2.07. The molecule has 3 heteroatoms. The monoisotopic (exact) mass is 252 g/mol. The third-order valence-corrected chi connectivity index (χ3v) is 5.59. The molecule has 0 spiro atoms. The maximum atomic E-state index is 11.9. The number of epoxide rings is 1. The Kier molecular flexibility index (Phi) is 3.13. The van der Waals surface area contributed by atoms with Crippen LogP contribution in [0.2, 0.25) is 0 Å². The van der Waals surface area contributed by atoms with E-state index in [-0.39, 0.29) is 12.0 Å². The van der Waals surface area contributed by atoms with Crippen LogP contribution in [0.3, 0.4) is 0 Å². The van der Waals surface area contributed by atoms with Gasteiger partial charge in [-0.2, -0.15) is 0 Å². The van der Waals surface area contributed by atoms with Crippen LogP contribution >= 0.6 is 0 Å². The molecule has 18 heavy (non-hydrogen) atoms. The van der Waals surface area contributed by atoms with Gasteiger partial charge in [0, 0.05) is 0 Å². The molecule has 1 aliphatic heterocycles. The second-order valence-electron chi connectivity index (χ2n) is 6.72. The van der Waals surface area contributed by atoms with Crippen molar-refractivity contribution in [2.45, 2.75) is 70.5 Å². The molecule has 4 atom stereocenters. The van der Waals surface area contributed by atoms with Gasteiger partial charge in [-0.3, -0.25) is 4.79 Å². The van der Waals surface area contributed by atoms with Crippen LogP contribution in [-0.4, -0.2) is 23.3 Å². The van der Waals surface area contributed by atoms with E-state index in [4.69, 9.17) is 4.74 Å². The first-order valence-corrected chi connectivity index (χ1v) is 7.51. The Bertz CT molecular complexity index is 335. The van der Waals surface area contributed by atoms with E-state index in [2.05, 4.69) is 6.92 Å². The zero-order valence-electron chi connectivity index (χ0n) is 11.2. The first-order valence-electron chi connectivity index (χ1n) is 7.51. The molecule has 0 amide bonds. The fourth-order valence-electron chi connectivity index (χ4n) is 4.28. The molecule has 2 saturated carbocycles. The topological polar surface area (TPSA) is 49.8 Å². The minimum Gasteiger partial charge on any atom is -0.481 e. The average molecular weight is 252 g/mol. The van der Waals surface area contributed by atoms with Crippen molar-refractivity contribution >= 4 is 5.97 Å². The van der Waals surface area contributed by atoms with Crippen LogP contribution in [0.15, 0.2) is 0 Å². The molecule has 3 nitrogen and oxygen atoms in total. The normalized spacial score (nSPS) is 44.4. The smallest absolute Gasteiger partial charge is 0.310 e. The van der Waals surface area contributed by atoms with Crippen LogP contribution in [0.5, 0.6) is 0 Å². The van der Waals surface area contributed by atoms with E-state index in [0.717, 1.165) is 19.3 Å². The number of hydrogen-bond donors (Lipinski definition) is 1. The molecule has 1 saturated heterocycles. The summed E-state index contributed by atoms with van der Waals surface area (Å²) in [6.07, 6.45) is 9.59. The van der Waals surface area contributed by atoms with Gasteiger partial charge in [0.15, 0.2) is 0 Å². The van der Waals surface area contributed by atoms with Gasteiger partial charge in [-0.25, -0.2) is 0 Å². The van der Waals surface area contributed by atoms with Crippen molar-refractivity contribution < 1.29 is 14.6 Å². The minimum atomic E-state index is -0.575. The number of fused-ring (bicyclic) bond motifs is 1. The highest BCUT2D eigenvalue weighted by Crippen LogP contribution is 2.53. The summed E-state index contributed by atoms with van der Waals surface area (Å²) >= 11 is 0. The Morgan fingerprint density at radius 1 is 1.28 bits per heavy atom. The lowest BCUT2D eigenvalue weighted by Crippen LogP contribution is -2.44. The number of carboxylic acid groups (broad SMARTS) is 1. The molecule has 4 unspecified atom stereocenters. The summed E-state index contributed by atoms with van der Waals surface area (Å²) in [7, 11) is 0. The van der Waals surface area contributed by atoms with Crippen LogP contribution < -0.4 is 0 Å². The molecule has 3 aliphatic rings. The van der Waals surface area contributed by atoms with E-state index in [9.17, 15) is 9.90 Å². The zero-order valence-corrected chi connectivity index (χ0v) is 11.2. The van der Waals surface area contributed by atoms with Crippen molar-refractivity contribution in [2.24, 2.45) is 17.3 Å². The Morgan fingerprint density at radius 3 is 2.67 bits per heavy atom. The van der Waals surface area contributed by atoms with Crippen molar-refractivity contribution in [1.82, 2.24) is 0 Å². The van der Waals surface area contributed by atoms with Crippen LogP contribution in [0.1, 0.15) is 58.3 Å². The van der Waals surface area contributed by atoms with Crippen molar-refractivity contribution in [3.8, 4) is 0 Å². The van der Waals surface area contributed by atoms with Gasteiger partial charge < -0.3 is 9.84 Å². The number of ether oxygens (including phenoxy) is 1. The van der Waals surface area contributed by atoms with Crippen molar-refractivity contribution in [3.63, 3.8) is 0 Å². The summed E-state index contributed by atoms with van der Waals surface area (Å²) in [5.74, 6) is 0.322. The number of carboxylic acids is 1. The summed E-state index contributed by atoms with van der Waals surface area (Å²) in [6, 6.07) is 0. The van der Waals surface area contributed by atoms with E-state index in [1.807, 2.05) is 0 Å². The molecule has 3 fully saturated rings. The van der Waals surface area contributed by atoms with E-state index in [1.54, 1.807) is 0 Å². The van der Waals surface area contributed by atoms with Gasteiger partial charge in [0.05, 0.1) is 17.6 Å². The Balaban J connectivity index is 1.75. The predicted octanol–water partition coefficient (Wildman–Crippen LogP) is 3.23. The lowest BCUT2D eigenvalue weighted by molar-refractivity contribution is -0.156. The average Bonchev–Trinajstić information content (AvgIpc) is 3.08. The molecule has 0 aromatic heterocycles. The molecule has 0 aromatic carbocycles. The van der Waals surface area contributed by atoms with E-state index >= 15 is 0 Å².